The number of nitrogens with zero attached hydrogens (tertiary/aromatic N) is 2. The van der Waals surface area contributed by atoms with E-state index in [-0.39, 0.29) is 5.97 Å². The van der Waals surface area contributed by atoms with Crippen LogP contribution in [-0.2, 0) is 11.3 Å². The van der Waals surface area contributed by atoms with E-state index in [0.717, 1.165) is 22.4 Å². The lowest BCUT2D eigenvalue weighted by Gasteiger charge is -2.09. The molecule has 116 valence electrons. The van der Waals surface area contributed by atoms with Crippen molar-refractivity contribution in [2.75, 3.05) is 7.11 Å². The normalized spacial score (nSPS) is 10.5. The van der Waals surface area contributed by atoms with E-state index in [0.29, 0.717) is 17.9 Å². The highest BCUT2D eigenvalue weighted by molar-refractivity contribution is 5.89. The minimum absolute atomic E-state index is 0.321. The molecule has 0 saturated heterocycles. The highest BCUT2D eigenvalue weighted by atomic mass is 16.5. The van der Waals surface area contributed by atoms with Gasteiger partial charge in [-0.2, -0.15) is 0 Å². The predicted molar refractivity (Wildman–Crippen MR) is 86.4 cm³/mol. The summed E-state index contributed by atoms with van der Waals surface area (Å²) in [6.07, 6.45) is 0. The molecule has 0 aliphatic heterocycles. The quantitative estimate of drug-likeness (QED) is 0.692. The maximum Gasteiger partial charge on any atom is 0.337 e. The molecule has 0 N–H and O–H groups in total. The lowest BCUT2D eigenvalue weighted by Crippen LogP contribution is -2.04. The van der Waals surface area contributed by atoms with Crippen LogP contribution in [-0.4, -0.2) is 23.0 Å². The minimum Gasteiger partial charge on any atom is -0.487 e. The number of methoxy groups -OCH3 is 1. The Morgan fingerprint density at radius 1 is 1.00 bits per heavy atom. The van der Waals surface area contributed by atoms with E-state index in [9.17, 15) is 4.79 Å². The lowest BCUT2D eigenvalue weighted by atomic mass is 10.2. The number of hydrogen-bond acceptors (Lipinski definition) is 5. The van der Waals surface area contributed by atoms with E-state index in [1.54, 1.807) is 24.3 Å². The second-order valence-corrected chi connectivity index (χ2v) is 5.05. The van der Waals surface area contributed by atoms with Crippen LogP contribution in [0, 0.1) is 6.92 Å². The maximum absolute atomic E-state index is 11.4. The van der Waals surface area contributed by atoms with Gasteiger partial charge in [-0.15, -0.1) is 0 Å². The van der Waals surface area contributed by atoms with Crippen molar-refractivity contribution >= 4 is 17.0 Å². The fourth-order valence-corrected chi connectivity index (χ4v) is 2.22. The molecule has 0 atom stereocenters. The molecular weight excluding hydrogens is 292 g/mol. The Kier molecular flexibility index (Phi) is 4.19. The van der Waals surface area contributed by atoms with E-state index < -0.39 is 0 Å². The Labute approximate surface area is 133 Å². The number of ether oxygens (including phenoxy) is 2. The van der Waals surface area contributed by atoms with Gasteiger partial charge in [-0.3, -0.25) is 0 Å². The summed E-state index contributed by atoms with van der Waals surface area (Å²) in [6, 6.07) is 14.5. The first-order chi connectivity index (χ1) is 11.2. The number of hydrogen-bond donors (Lipinski definition) is 0. The first kappa shape index (κ1) is 15.0. The number of aromatic nitrogens is 2. The van der Waals surface area contributed by atoms with Gasteiger partial charge in [0.2, 0.25) is 0 Å². The Morgan fingerprint density at radius 3 is 2.30 bits per heavy atom. The number of carbonyl (C=O) groups is 1. The molecule has 23 heavy (non-hydrogen) atoms. The molecule has 0 fully saturated rings. The molecule has 5 nitrogen and oxygen atoms in total. The summed E-state index contributed by atoms with van der Waals surface area (Å²) in [7, 11) is 1.36. The molecule has 3 rings (SSSR count). The molecule has 1 heterocycles. The summed E-state index contributed by atoms with van der Waals surface area (Å²) in [6.45, 7) is 2.24. The van der Waals surface area contributed by atoms with Crippen molar-refractivity contribution in [2.24, 2.45) is 0 Å². The summed E-state index contributed by atoms with van der Waals surface area (Å²) in [5.41, 5.74) is 3.84. The van der Waals surface area contributed by atoms with E-state index in [1.165, 1.54) is 7.11 Å². The van der Waals surface area contributed by atoms with Gasteiger partial charge in [-0.25, -0.2) is 14.8 Å². The van der Waals surface area contributed by atoms with Crippen LogP contribution >= 0.6 is 0 Å². The SMILES string of the molecule is COC(=O)c1ccc(OCc2nc3ccccc3nc2C)cc1. The van der Waals surface area contributed by atoms with E-state index in [1.807, 2.05) is 31.2 Å². The largest absolute Gasteiger partial charge is 0.487 e. The predicted octanol–water partition coefficient (Wildman–Crippen LogP) is 3.30. The Hall–Kier alpha value is -2.95. The van der Waals surface area contributed by atoms with Crippen LogP contribution in [0.2, 0.25) is 0 Å². The Bertz CT molecular complexity index is 845. The Balaban J connectivity index is 1.75. The molecule has 1 aromatic heterocycles. The van der Waals surface area contributed by atoms with Crippen molar-refractivity contribution in [3.63, 3.8) is 0 Å². The highest BCUT2D eigenvalue weighted by Crippen LogP contribution is 2.17. The highest BCUT2D eigenvalue weighted by Gasteiger charge is 2.07. The van der Waals surface area contributed by atoms with Crippen LogP contribution < -0.4 is 4.74 Å². The molecular formula is C18H16N2O3. The molecule has 0 aliphatic carbocycles. The van der Waals surface area contributed by atoms with Gasteiger partial charge in [0.1, 0.15) is 12.4 Å². The van der Waals surface area contributed by atoms with Gasteiger partial charge in [-0.05, 0) is 43.3 Å². The zero-order chi connectivity index (χ0) is 16.2. The Morgan fingerprint density at radius 2 is 1.65 bits per heavy atom. The number of rotatable bonds is 4. The van der Waals surface area contributed by atoms with Crippen LogP contribution in [0.15, 0.2) is 48.5 Å². The fraction of sp³-hybridized carbons (Fsp3) is 0.167. The standard InChI is InChI=1S/C18H16N2O3/c1-12-17(20-16-6-4-3-5-15(16)19-12)11-23-14-9-7-13(8-10-14)18(21)22-2/h3-10H,11H2,1-2H3. The van der Waals surface area contributed by atoms with E-state index in [4.69, 9.17) is 4.74 Å². The third kappa shape index (κ3) is 3.29. The van der Waals surface area contributed by atoms with Gasteiger partial charge in [0.25, 0.3) is 0 Å². The molecule has 0 saturated carbocycles. The van der Waals surface area contributed by atoms with Crippen LogP contribution in [0.4, 0.5) is 0 Å². The summed E-state index contributed by atoms with van der Waals surface area (Å²) in [5, 5.41) is 0. The van der Waals surface area contributed by atoms with Gasteiger partial charge < -0.3 is 9.47 Å². The average Bonchev–Trinajstić information content (AvgIpc) is 2.59. The molecule has 0 radical (unpaired) electrons. The van der Waals surface area contributed by atoms with Crippen molar-refractivity contribution < 1.29 is 14.3 Å². The summed E-state index contributed by atoms with van der Waals surface area (Å²) in [4.78, 5) is 20.5. The van der Waals surface area contributed by atoms with Gasteiger partial charge in [-0.1, -0.05) is 12.1 Å². The molecule has 0 aliphatic rings. The van der Waals surface area contributed by atoms with Gasteiger partial charge in [0, 0.05) is 0 Å². The van der Waals surface area contributed by atoms with Crippen LogP contribution in [0.3, 0.4) is 0 Å². The molecule has 0 unspecified atom stereocenters. The number of aryl methyl sites for hydroxylation is 1. The summed E-state index contributed by atoms with van der Waals surface area (Å²) >= 11 is 0. The molecule has 0 bridgehead atoms. The topological polar surface area (TPSA) is 61.3 Å². The smallest absolute Gasteiger partial charge is 0.337 e. The molecule has 3 aromatic rings. The number of benzene rings is 2. The zero-order valence-corrected chi connectivity index (χ0v) is 12.9. The molecule has 2 aromatic carbocycles. The summed E-state index contributed by atoms with van der Waals surface area (Å²) < 4.78 is 10.4. The van der Waals surface area contributed by atoms with Gasteiger partial charge >= 0.3 is 5.97 Å². The average molecular weight is 308 g/mol. The number of carbonyl (C=O) groups excluding carboxylic acids is 1. The zero-order valence-electron chi connectivity index (χ0n) is 12.9. The lowest BCUT2D eigenvalue weighted by molar-refractivity contribution is 0.0600. The fourth-order valence-electron chi connectivity index (χ4n) is 2.22. The van der Waals surface area contributed by atoms with Gasteiger partial charge in [0.15, 0.2) is 0 Å². The maximum atomic E-state index is 11.4. The van der Waals surface area contributed by atoms with Crippen molar-refractivity contribution in [1.82, 2.24) is 9.97 Å². The van der Waals surface area contributed by atoms with Crippen LogP contribution in [0.25, 0.3) is 11.0 Å². The number of fused-ring (bicyclic) bond motifs is 1. The van der Waals surface area contributed by atoms with Gasteiger partial charge in [0.05, 0.1) is 35.1 Å². The third-order valence-electron chi connectivity index (χ3n) is 3.49. The number of para-hydroxylation sites is 2. The van der Waals surface area contributed by atoms with Crippen molar-refractivity contribution in [1.29, 1.82) is 0 Å². The van der Waals surface area contributed by atoms with Crippen molar-refractivity contribution in [2.45, 2.75) is 13.5 Å². The number of esters is 1. The first-order valence-electron chi connectivity index (χ1n) is 7.21. The summed E-state index contributed by atoms with van der Waals surface area (Å²) in [5.74, 6) is 0.291. The monoisotopic (exact) mass is 308 g/mol. The van der Waals surface area contributed by atoms with Crippen molar-refractivity contribution in [3.8, 4) is 5.75 Å². The van der Waals surface area contributed by atoms with E-state index >= 15 is 0 Å². The molecule has 5 heteroatoms. The molecule has 0 spiro atoms. The van der Waals surface area contributed by atoms with E-state index in [2.05, 4.69) is 14.7 Å². The van der Waals surface area contributed by atoms with Crippen LogP contribution in [0.5, 0.6) is 5.75 Å². The molecule has 0 amide bonds. The third-order valence-corrected chi connectivity index (χ3v) is 3.49. The minimum atomic E-state index is -0.368. The second-order valence-electron chi connectivity index (χ2n) is 5.05. The second kappa shape index (κ2) is 6.44. The van der Waals surface area contributed by atoms with Crippen molar-refractivity contribution in [3.05, 3.63) is 65.5 Å². The van der Waals surface area contributed by atoms with Crippen LogP contribution in [0.1, 0.15) is 21.7 Å². The first-order valence-corrected chi connectivity index (χ1v) is 7.21.